The van der Waals surface area contributed by atoms with Crippen molar-refractivity contribution >= 4 is 5.69 Å². The summed E-state index contributed by atoms with van der Waals surface area (Å²) in [5, 5.41) is 0. The van der Waals surface area contributed by atoms with Gasteiger partial charge in [0.25, 0.3) is 0 Å². The first-order chi connectivity index (χ1) is 6.11. The molecule has 0 aliphatic carbocycles. The molecule has 1 aromatic rings. The molecule has 2 N–H and O–H groups in total. The molecule has 0 amide bonds. The predicted octanol–water partition coefficient (Wildman–Crippen LogP) is 3.17. The van der Waals surface area contributed by atoms with Gasteiger partial charge in [-0.1, -0.05) is 29.3 Å². The lowest BCUT2D eigenvalue weighted by molar-refractivity contribution is 1.09. The van der Waals surface area contributed by atoms with Crippen molar-refractivity contribution in [2.45, 2.75) is 27.2 Å². The molecule has 1 heteroatoms. The van der Waals surface area contributed by atoms with Crippen molar-refractivity contribution in [2.24, 2.45) is 0 Å². The van der Waals surface area contributed by atoms with E-state index in [1.807, 2.05) is 18.2 Å². The van der Waals surface area contributed by atoms with Gasteiger partial charge in [0, 0.05) is 5.69 Å². The number of nitrogens with two attached hydrogens (primary N) is 1. The Hall–Kier alpha value is -1.24. The predicted molar refractivity (Wildman–Crippen MR) is 58.6 cm³/mol. The van der Waals surface area contributed by atoms with Crippen LogP contribution in [0.15, 0.2) is 35.4 Å². The van der Waals surface area contributed by atoms with Crippen molar-refractivity contribution in [3.63, 3.8) is 0 Å². The number of hydrogen-bond donors (Lipinski definition) is 1. The number of benzene rings is 1. The first-order valence-corrected chi connectivity index (χ1v) is 4.57. The van der Waals surface area contributed by atoms with Crippen molar-refractivity contribution in [1.82, 2.24) is 0 Å². The molecule has 0 fully saturated rings. The number of rotatable bonds is 2. The standard InChI is InChI=1S/C12H17N/c1-9(2)10(3)8-11-6-4-5-7-12(11)13/h4-7H,8,13H2,1-3H3. The quantitative estimate of drug-likeness (QED) is 0.542. The third-order valence-electron chi connectivity index (χ3n) is 2.36. The van der Waals surface area contributed by atoms with Crippen molar-refractivity contribution in [3.05, 3.63) is 41.0 Å². The Balaban J connectivity index is 2.87. The van der Waals surface area contributed by atoms with E-state index >= 15 is 0 Å². The average Bonchev–Trinajstić information content (AvgIpc) is 2.08. The van der Waals surface area contributed by atoms with Gasteiger partial charge in [0.1, 0.15) is 0 Å². The van der Waals surface area contributed by atoms with E-state index in [1.165, 1.54) is 16.7 Å². The fourth-order valence-electron chi connectivity index (χ4n) is 1.16. The molecule has 1 aromatic carbocycles. The van der Waals surface area contributed by atoms with Crippen LogP contribution in [0.5, 0.6) is 0 Å². The zero-order valence-electron chi connectivity index (χ0n) is 8.59. The molecular weight excluding hydrogens is 158 g/mol. The van der Waals surface area contributed by atoms with Gasteiger partial charge in [-0.05, 0) is 38.8 Å². The van der Waals surface area contributed by atoms with Gasteiger partial charge in [-0.25, -0.2) is 0 Å². The Bertz CT molecular complexity index is 320. The maximum Gasteiger partial charge on any atom is 0.0349 e. The number of anilines is 1. The number of para-hydroxylation sites is 1. The minimum Gasteiger partial charge on any atom is -0.398 e. The van der Waals surface area contributed by atoms with E-state index in [-0.39, 0.29) is 0 Å². The fourth-order valence-corrected chi connectivity index (χ4v) is 1.16. The van der Waals surface area contributed by atoms with Gasteiger partial charge >= 0.3 is 0 Å². The van der Waals surface area contributed by atoms with Crippen LogP contribution in [0.25, 0.3) is 0 Å². The lowest BCUT2D eigenvalue weighted by Gasteiger charge is -2.06. The second-order valence-electron chi connectivity index (χ2n) is 3.66. The molecule has 0 aromatic heterocycles. The summed E-state index contributed by atoms with van der Waals surface area (Å²) in [6, 6.07) is 8.04. The minimum absolute atomic E-state index is 0.892. The molecule has 1 nitrogen and oxygen atoms in total. The van der Waals surface area contributed by atoms with Gasteiger partial charge in [0.15, 0.2) is 0 Å². The SMILES string of the molecule is CC(C)=C(C)Cc1ccccc1N. The molecule has 0 aliphatic rings. The van der Waals surface area contributed by atoms with Crippen LogP contribution < -0.4 is 5.73 Å². The van der Waals surface area contributed by atoms with E-state index in [2.05, 4.69) is 26.8 Å². The lowest BCUT2D eigenvalue weighted by atomic mass is 10.0. The van der Waals surface area contributed by atoms with Crippen molar-refractivity contribution in [2.75, 3.05) is 5.73 Å². The van der Waals surface area contributed by atoms with Gasteiger partial charge < -0.3 is 5.73 Å². The Labute approximate surface area is 80.3 Å². The molecule has 0 spiro atoms. The maximum atomic E-state index is 5.85. The number of nitrogen functional groups attached to an aromatic ring is 1. The Kier molecular flexibility index (Phi) is 3.13. The fraction of sp³-hybridized carbons (Fsp3) is 0.333. The van der Waals surface area contributed by atoms with Gasteiger partial charge in [0.2, 0.25) is 0 Å². The highest BCUT2D eigenvalue weighted by atomic mass is 14.6. The summed E-state index contributed by atoms with van der Waals surface area (Å²) in [6.07, 6.45) is 0.967. The summed E-state index contributed by atoms with van der Waals surface area (Å²) in [4.78, 5) is 0. The summed E-state index contributed by atoms with van der Waals surface area (Å²) in [5.41, 5.74) is 10.7. The lowest BCUT2D eigenvalue weighted by Crippen LogP contribution is -1.95. The second kappa shape index (κ2) is 4.13. The van der Waals surface area contributed by atoms with Crippen LogP contribution in [-0.4, -0.2) is 0 Å². The Morgan fingerprint density at radius 2 is 1.77 bits per heavy atom. The van der Waals surface area contributed by atoms with Gasteiger partial charge in [-0.2, -0.15) is 0 Å². The van der Waals surface area contributed by atoms with Gasteiger partial charge in [0.05, 0.1) is 0 Å². The van der Waals surface area contributed by atoms with Crippen LogP contribution in [0, 0.1) is 0 Å². The molecule has 13 heavy (non-hydrogen) atoms. The van der Waals surface area contributed by atoms with Crippen LogP contribution in [-0.2, 0) is 6.42 Å². The van der Waals surface area contributed by atoms with E-state index in [9.17, 15) is 0 Å². The van der Waals surface area contributed by atoms with Crippen LogP contribution in [0.4, 0.5) is 5.69 Å². The zero-order valence-corrected chi connectivity index (χ0v) is 8.59. The Morgan fingerprint density at radius 3 is 2.31 bits per heavy atom. The summed E-state index contributed by atoms with van der Waals surface area (Å²) in [7, 11) is 0. The molecule has 0 bridgehead atoms. The molecule has 0 saturated heterocycles. The largest absolute Gasteiger partial charge is 0.398 e. The Morgan fingerprint density at radius 1 is 1.15 bits per heavy atom. The molecule has 0 heterocycles. The van der Waals surface area contributed by atoms with Crippen molar-refractivity contribution in [3.8, 4) is 0 Å². The summed E-state index contributed by atoms with van der Waals surface area (Å²) >= 11 is 0. The van der Waals surface area contributed by atoms with Gasteiger partial charge in [-0.3, -0.25) is 0 Å². The summed E-state index contributed by atoms with van der Waals surface area (Å²) in [6.45, 7) is 6.42. The third-order valence-corrected chi connectivity index (χ3v) is 2.36. The number of allylic oxidation sites excluding steroid dienone is 2. The van der Waals surface area contributed by atoms with Crippen LogP contribution in [0.3, 0.4) is 0 Å². The molecular formula is C12H17N. The minimum atomic E-state index is 0.892. The molecule has 0 saturated carbocycles. The molecule has 0 aliphatic heterocycles. The third kappa shape index (κ3) is 2.62. The first-order valence-electron chi connectivity index (χ1n) is 4.57. The van der Waals surface area contributed by atoms with Crippen LogP contribution >= 0.6 is 0 Å². The van der Waals surface area contributed by atoms with Gasteiger partial charge in [-0.15, -0.1) is 0 Å². The smallest absolute Gasteiger partial charge is 0.0349 e. The number of hydrogen-bond acceptors (Lipinski definition) is 1. The first kappa shape index (κ1) is 9.85. The highest BCUT2D eigenvalue weighted by Gasteiger charge is 1.99. The highest BCUT2D eigenvalue weighted by Crippen LogP contribution is 2.16. The van der Waals surface area contributed by atoms with E-state index in [0.717, 1.165) is 12.1 Å². The van der Waals surface area contributed by atoms with Crippen LogP contribution in [0.1, 0.15) is 26.3 Å². The van der Waals surface area contributed by atoms with E-state index in [4.69, 9.17) is 5.73 Å². The average molecular weight is 175 g/mol. The van der Waals surface area contributed by atoms with Crippen LogP contribution in [0.2, 0.25) is 0 Å². The molecule has 0 radical (unpaired) electrons. The monoisotopic (exact) mass is 175 g/mol. The van der Waals surface area contributed by atoms with Crippen molar-refractivity contribution in [1.29, 1.82) is 0 Å². The van der Waals surface area contributed by atoms with E-state index in [0.29, 0.717) is 0 Å². The summed E-state index contributed by atoms with van der Waals surface area (Å²) in [5.74, 6) is 0. The second-order valence-corrected chi connectivity index (χ2v) is 3.66. The topological polar surface area (TPSA) is 26.0 Å². The zero-order chi connectivity index (χ0) is 9.84. The normalized spacial score (nSPS) is 9.77. The molecule has 0 unspecified atom stereocenters. The highest BCUT2D eigenvalue weighted by molar-refractivity contribution is 5.48. The molecule has 1 rings (SSSR count). The molecule has 70 valence electrons. The van der Waals surface area contributed by atoms with E-state index < -0.39 is 0 Å². The van der Waals surface area contributed by atoms with Crippen molar-refractivity contribution < 1.29 is 0 Å². The van der Waals surface area contributed by atoms with E-state index in [1.54, 1.807) is 0 Å². The molecule has 0 atom stereocenters. The summed E-state index contributed by atoms with van der Waals surface area (Å²) < 4.78 is 0. The maximum absolute atomic E-state index is 5.85.